The van der Waals surface area contributed by atoms with E-state index in [-0.39, 0.29) is 11.8 Å². The molecule has 0 fully saturated rings. The van der Waals surface area contributed by atoms with Gasteiger partial charge in [0.15, 0.2) is 5.75 Å². The van der Waals surface area contributed by atoms with Crippen molar-refractivity contribution in [2.24, 2.45) is 0 Å². The van der Waals surface area contributed by atoms with Crippen LogP contribution in [0.3, 0.4) is 0 Å². The number of benzene rings is 2. The molecule has 2 aromatic rings. The van der Waals surface area contributed by atoms with Crippen molar-refractivity contribution in [3.05, 3.63) is 51.5 Å². The summed E-state index contributed by atoms with van der Waals surface area (Å²) in [5.41, 5.74) is 1.89. The van der Waals surface area contributed by atoms with Crippen LogP contribution in [0.25, 0.3) is 0 Å². The lowest BCUT2D eigenvalue weighted by atomic mass is 10.1. The number of ether oxygens (including phenoxy) is 1. The largest absolute Gasteiger partial charge is 0.508 e. The summed E-state index contributed by atoms with van der Waals surface area (Å²) in [6, 6.07) is 10.8. The van der Waals surface area contributed by atoms with Crippen molar-refractivity contribution in [1.29, 1.82) is 0 Å². The highest BCUT2D eigenvalue weighted by Crippen LogP contribution is 2.38. The molecule has 0 aliphatic rings. The van der Waals surface area contributed by atoms with E-state index in [2.05, 4.69) is 21.2 Å². The minimum Gasteiger partial charge on any atom is -0.508 e. The van der Waals surface area contributed by atoms with Gasteiger partial charge in [-0.25, -0.2) is 0 Å². The van der Waals surface area contributed by atoms with Gasteiger partial charge in [0, 0.05) is 11.1 Å². The van der Waals surface area contributed by atoms with Crippen molar-refractivity contribution in [2.45, 2.75) is 19.9 Å². The smallest absolute Gasteiger partial charge is 0.156 e. The maximum atomic E-state index is 9.35. The third kappa shape index (κ3) is 4.05. The topological polar surface area (TPSA) is 41.5 Å². The fourth-order valence-corrected chi connectivity index (χ4v) is 2.96. The SMILES string of the molecule is CCOc1c(Br)cc(Cl)cc1NC(C)c1ccc(O)cc1. The lowest BCUT2D eigenvalue weighted by molar-refractivity contribution is 0.339. The second-order valence-electron chi connectivity index (χ2n) is 4.65. The third-order valence-electron chi connectivity index (χ3n) is 3.06. The minimum absolute atomic E-state index is 0.0511. The van der Waals surface area contributed by atoms with Gasteiger partial charge >= 0.3 is 0 Å². The molecule has 0 spiro atoms. The quantitative estimate of drug-likeness (QED) is 0.742. The van der Waals surface area contributed by atoms with E-state index in [4.69, 9.17) is 16.3 Å². The zero-order valence-electron chi connectivity index (χ0n) is 11.9. The normalized spacial score (nSPS) is 12.0. The van der Waals surface area contributed by atoms with Gasteiger partial charge in [0.2, 0.25) is 0 Å². The monoisotopic (exact) mass is 369 g/mol. The molecule has 112 valence electrons. The van der Waals surface area contributed by atoms with Gasteiger partial charge in [-0.15, -0.1) is 0 Å². The lowest BCUT2D eigenvalue weighted by Crippen LogP contribution is -2.08. The molecule has 0 aliphatic heterocycles. The van der Waals surface area contributed by atoms with Gasteiger partial charge in [-0.1, -0.05) is 23.7 Å². The third-order valence-corrected chi connectivity index (χ3v) is 3.87. The maximum Gasteiger partial charge on any atom is 0.156 e. The summed E-state index contributed by atoms with van der Waals surface area (Å²) in [5.74, 6) is 0.999. The lowest BCUT2D eigenvalue weighted by Gasteiger charge is -2.20. The Morgan fingerprint density at radius 1 is 1.29 bits per heavy atom. The molecule has 3 nitrogen and oxygen atoms in total. The number of nitrogens with one attached hydrogen (secondary N) is 1. The van der Waals surface area contributed by atoms with Crippen LogP contribution in [-0.2, 0) is 0 Å². The number of aromatic hydroxyl groups is 1. The summed E-state index contributed by atoms with van der Waals surface area (Å²) < 4.78 is 6.49. The predicted octanol–water partition coefficient (Wildman–Crippen LogP) is 5.38. The molecule has 2 N–H and O–H groups in total. The van der Waals surface area contributed by atoms with Crippen LogP contribution in [0, 0.1) is 0 Å². The number of phenols is 1. The van der Waals surface area contributed by atoms with E-state index >= 15 is 0 Å². The number of hydrogen-bond acceptors (Lipinski definition) is 3. The average Bonchev–Trinajstić information content (AvgIpc) is 2.43. The molecule has 1 unspecified atom stereocenters. The van der Waals surface area contributed by atoms with E-state index < -0.39 is 0 Å². The Bertz CT molecular complexity index is 616. The van der Waals surface area contributed by atoms with Crippen molar-refractivity contribution < 1.29 is 9.84 Å². The summed E-state index contributed by atoms with van der Waals surface area (Å²) in [7, 11) is 0. The molecule has 0 aliphatic carbocycles. The van der Waals surface area contributed by atoms with Crippen LogP contribution in [0.2, 0.25) is 5.02 Å². The van der Waals surface area contributed by atoms with E-state index in [9.17, 15) is 5.11 Å². The first-order chi connectivity index (χ1) is 10.0. The second-order valence-corrected chi connectivity index (χ2v) is 5.95. The zero-order chi connectivity index (χ0) is 15.4. The van der Waals surface area contributed by atoms with Gasteiger partial charge in [0.05, 0.1) is 16.8 Å². The van der Waals surface area contributed by atoms with E-state index in [1.54, 1.807) is 12.1 Å². The highest BCUT2D eigenvalue weighted by atomic mass is 79.9. The molecular formula is C16H17BrClNO2. The molecule has 21 heavy (non-hydrogen) atoms. The number of hydrogen-bond donors (Lipinski definition) is 2. The van der Waals surface area contributed by atoms with Crippen molar-refractivity contribution in [3.63, 3.8) is 0 Å². The first-order valence-electron chi connectivity index (χ1n) is 6.68. The predicted molar refractivity (Wildman–Crippen MR) is 90.5 cm³/mol. The Morgan fingerprint density at radius 3 is 2.57 bits per heavy atom. The van der Waals surface area contributed by atoms with E-state index in [1.807, 2.05) is 38.1 Å². The molecule has 0 heterocycles. The summed E-state index contributed by atoms with van der Waals surface area (Å²) >= 11 is 9.59. The Labute approximate surface area is 138 Å². The van der Waals surface area contributed by atoms with E-state index in [0.29, 0.717) is 11.6 Å². The van der Waals surface area contributed by atoms with Crippen molar-refractivity contribution in [3.8, 4) is 11.5 Å². The van der Waals surface area contributed by atoms with Crippen molar-refractivity contribution in [2.75, 3.05) is 11.9 Å². The maximum absolute atomic E-state index is 9.35. The van der Waals surface area contributed by atoms with Gasteiger partial charge in [0.25, 0.3) is 0 Å². The highest BCUT2D eigenvalue weighted by Gasteiger charge is 2.13. The summed E-state index contributed by atoms with van der Waals surface area (Å²) in [6.07, 6.45) is 0. The Morgan fingerprint density at radius 2 is 1.95 bits per heavy atom. The Kier molecular flexibility index (Phi) is 5.37. The second kappa shape index (κ2) is 7.05. The van der Waals surface area contributed by atoms with Crippen LogP contribution in [0.15, 0.2) is 40.9 Å². The van der Waals surface area contributed by atoms with Crippen molar-refractivity contribution in [1.82, 2.24) is 0 Å². The Balaban J connectivity index is 2.27. The zero-order valence-corrected chi connectivity index (χ0v) is 14.2. The number of phenolic OH excluding ortho intramolecular Hbond substituents is 1. The summed E-state index contributed by atoms with van der Waals surface area (Å²) in [6.45, 7) is 4.55. The molecular weight excluding hydrogens is 354 g/mol. The summed E-state index contributed by atoms with van der Waals surface area (Å²) in [5, 5.41) is 13.4. The molecule has 0 saturated heterocycles. The van der Waals surface area contributed by atoms with Gasteiger partial charge in [-0.05, 0) is 59.6 Å². The van der Waals surface area contributed by atoms with E-state index in [1.165, 1.54) is 0 Å². The number of rotatable bonds is 5. The molecule has 1 atom stereocenters. The Hall–Kier alpha value is -1.39. The fourth-order valence-electron chi connectivity index (χ4n) is 2.04. The molecule has 0 saturated carbocycles. The first kappa shape index (κ1) is 16.0. The molecule has 2 aromatic carbocycles. The number of anilines is 1. The van der Waals surface area contributed by atoms with Crippen LogP contribution >= 0.6 is 27.5 Å². The van der Waals surface area contributed by atoms with Gasteiger partial charge in [-0.2, -0.15) is 0 Å². The van der Waals surface area contributed by atoms with E-state index in [0.717, 1.165) is 21.5 Å². The fraction of sp³-hybridized carbons (Fsp3) is 0.250. The number of halogens is 2. The highest BCUT2D eigenvalue weighted by molar-refractivity contribution is 9.10. The van der Waals surface area contributed by atoms with Crippen LogP contribution < -0.4 is 10.1 Å². The van der Waals surface area contributed by atoms with Crippen LogP contribution in [-0.4, -0.2) is 11.7 Å². The molecule has 0 radical (unpaired) electrons. The van der Waals surface area contributed by atoms with Crippen LogP contribution in [0.1, 0.15) is 25.5 Å². The first-order valence-corrected chi connectivity index (χ1v) is 7.85. The average molecular weight is 371 g/mol. The van der Waals surface area contributed by atoms with Gasteiger partial charge < -0.3 is 15.2 Å². The standard InChI is InChI=1S/C16H17BrClNO2/c1-3-21-16-14(17)8-12(18)9-15(16)19-10(2)11-4-6-13(20)7-5-11/h4-10,19-20H,3H2,1-2H3. The van der Waals surface area contributed by atoms with Crippen LogP contribution in [0.4, 0.5) is 5.69 Å². The molecule has 0 amide bonds. The van der Waals surface area contributed by atoms with Gasteiger partial charge in [-0.3, -0.25) is 0 Å². The molecule has 0 aromatic heterocycles. The summed E-state index contributed by atoms with van der Waals surface area (Å²) in [4.78, 5) is 0. The molecule has 5 heteroatoms. The molecule has 0 bridgehead atoms. The molecule has 2 rings (SSSR count). The van der Waals surface area contributed by atoms with Gasteiger partial charge in [0.1, 0.15) is 5.75 Å². The minimum atomic E-state index is 0.0511. The van der Waals surface area contributed by atoms with Crippen LogP contribution in [0.5, 0.6) is 11.5 Å². The van der Waals surface area contributed by atoms with Crippen molar-refractivity contribution >= 4 is 33.2 Å².